The molecular formula is C17H12ClFN4OS. The van der Waals surface area contributed by atoms with Gasteiger partial charge in [0.2, 0.25) is 0 Å². The van der Waals surface area contributed by atoms with Crippen LogP contribution < -0.4 is 5.56 Å². The molecule has 0 fully saturated rings. The topological polar surface area (TPSA) is 52.7 Å². The van der Waals surface area contributed by atoms with Gasteiger partial charge in [-0.3, -0.25) is 14.2 Å². The first kappa shape index (κ1) is 16.0. The first-order chi connectivity index (χ1) is 12.0. The molecular weight excluding hydrogens is 363 g/mol. The third-order valence-corrected chi connectivity index (χ3v) is 5.10. The molecule has 5 nitrogen and oxygen atoms in total. The third-order valence-electron chi connectivity index (χ3n) is 4.25. The lowest BCUT2D eigenvalue weighted by Gasteiger charge is -2.08. The van der Waals surface area contributed by atoms with Crippen molar-refractivity contribution in [3.8, 4) is 22.4 Å². The molecule has 2 heterocycles. The zero-order valence-electron chi connectivity index (χ0n) is 13.3. The molecule has 2 aromatic carbocycles. The summed E-state index contributed by atoms with van der Waals surface area (Å²) in [4.78, 5) is 12.8. The molecule has 8 heteroatoms. The minimum absolute atomic E-state index is 0.0199. The van der Waals surface area contributed by atoms with Gasteiger partial charge >= 0.3 is 0 Å². The Kier molecular flexibility index (Phi) is 3.70. The Labute approximate surface area is 151 Å². The molecule has 2 aromatic heterocycles. The van der Waals surface area contributed by atoms with Gasteiger partial charge in [0.05, 0.1) is 28.0 Å². The third kappa shape index (κ3) is 2.47. The number of hydrogen-bond acceptors (Lipinski definition) is 4. The standard InChI is InChI=1S/C17H12ClFN4OS/c1-22-16(10-4-6-13-14(8-10)21-25-20-13)15(17(24)23(22)2)9-3-5-12(19)11(18)7-9/h3-8H,1-2H3. The summed E-state index contributed by atoms with van der Waals surface area (Å²) in [5.41, 5.74) is 3.97. The second-order valence-electron chi connectivity index (χ2n) is 5.67. The van der Waals surface area contributed by atoms with Crippen molar-refractivity contribution in [1.82, 2.24) is 18.1 Å². The van der Waals surface area contributed by atoms with Crippen LogP contribution in [-0.4, -0.2) is 18.1 Å². The van der Waals surface area contributed by atoms with Crippen LogP contribution in [0.5, 0.6) is 0 Å². The van der Waals surface area contributed by atoms with Crippen LogP contribution in [0.15, 0.2) is 41.2 Å². The predicted octanol–water partition coefficient (Wildman–Crippen LogP) is 3.86. The van der Waals surface area contributed by atoms with Gasteiger partial charge in [-0.2, -0.15) is 8.75 Å². The summed E-state index contributed by atoms with van der Waals surface area (Å²) in [7, 11) is 3.48. The highest BCUT2D eigenvalue weighted by molar-refractivity contribution is 7.00. The Morgan fingerprint density at radius 3 is 2.48 bits per heavy atom. The minimum atomic E-state index is -0.519. The maximum Gasteiger partial charge on any atom is 0.274 e. The quantitative estimate of drug-likeness (QED) is 0.535. The van der Waals surface area contributed by atoms with Crippen LogP contribution in [0.3, 0.4) is 0 Å². The Hall–Kier alpha value is -2.51. The Bertz CT molecular complexity index is 1180. The first-order valence-electron chi connectivity index (χ1n) is 7.41. The summed E-state index contributed by atoms with van der Waals surface area (Å²) in [5.74, 6) is -0.519. The highest BCUT2D eigenvalue weighted by Gasteiger charge is 2.20. The van der Waals surface area contributed by atoms with E-state index in [1.165, 1.54) is 16.8 Å². The van der Waals surface area contributed by atoms with Crippen molar-refractivity contribution in [3.05, 3.63) is 57.6 Å². The normalized spacial score (nSPS) is 11.4. The summed E-state index contributed by atoms with van der Waals surface area (Å²) in [6.45, 7) is 0. The molecule has 0 saturated carbocycles. The minimum Gasteiger partial charge on any atom is -0.285 e. The van der Waals surface area contributed by atoms with E-state index in [4.69, 9.17) is 11.6 Å². The predicted molar refractivity (Wildman–Crippen MR) is 97.5 cm³/mol. The van der Waals surface area contributed by atoms with Crippen molar-refractivity contribution in [2.75, 3.05) is 0 Å². The van der Waals surface area contributed by atoms with E-state index in [0.717, 1.165) is 28.3 Å². The number of rotatable bonds is 2. The van der Waals surface area contributed by atoms with E-state index in [0.29, 0.717) is 16.8 Å². The highest BCUT2D eigenvalue weighted by Crippen LogP contribution is 2.32. The zero-order chi connectivity index (χ0) is 17.7. The van der Waals surface area contributed by atoms with Gasteiger partial charge in [-0.15, -0.1) is 0 Å². The molecule has 0 saturated heterocycles. The monoisotopic (exact) mass is 374 g/mol. The number of fused-ring (bicyclic) bond motifs is 1. The largest absolute Gasteiger partial charge is 0.285 e. The second kappa shape index (κ2) is 5.79. The van der Waals surface area contributed by atoms with Crippen LogP contribution >= 0.6 is 23.3 Å². The molecule has 126 valence electrons. The molecule has 0 atom stereocenters. The van der Waals surface area contributed by atoms with Gasteiger partial charge < -0.3 is 0 Å². The number of nitrogens with zero attached hydrogens (tertiary/aromatic N) is 4. The van der Waals surface area contributed by atoms with Crippen molar-refractivity contribution in [1.29, 1.82) is 0 Å². The molecule has 0 radical (unpaired) electrons. The summed E-state index contributed by atoms with van der Waals surface area (Å²) >= 11 is 7.06. The summed E-state index contributed by atoms with van der Waals surface area (Å²) in [6.07, 6.45) is 0. The Morgan fingerprint density at radius 2 is 1.72 bits per heavy atom. The molecule has 25 heavy (non-hydrogen) atoms. The number of benzene rings is 2. The van der Waals surface area contributed by atoms with Crippen LogP contribution in [0.1, 0.15) is 0 Å². The van der Waals surface area contributed by atoms with Crippen molar-refractivity contribution in [3.63, 3.8) is 0 Å². The molecule has 0 aliphatic carbocycles. The maximum absolute atomic E-state index is 13.5. The van der Waals surface area contributed by atoms with Crippen molar-refractivity contribution < 1.29 is 4.39 Å². The van der Waals surface area contributed by atoms with Crippen molar-refractivity contribution in [2.24, 2.45) is 14.1 Å². The summed E-state index contributed by atoms with van der Waals surface area (Å²) in [6, 6.07) is 9.95. The van der Waals surface area contributed by atoms with E-state index in [2.05, 4.69) is 8.75 Å². The van der Waals surface area contributed by atoms with E-state index in [9.17, 15) is 9.18 Å². The second-order valence-corrected chi connectivity index (χ2v) is 6.61. The van der Waals surface area contributed by atoms with E-state index < -0.39 is 5.82 Å². The van der Waals surface area contributed by atoms with Gasteiger partial charge in [0.25, 0.3) is 5.56 Å². The molecule has 4 rings (SSSR count). The smallest absolute Gasteiger partial charge is 0.274 e. The van der Waals surface area contributed by atoms with Crippen LogP contribution in [0, 0.1) is 5.82 Å². The van der Waals surface area contributed by atoms with Gasteiger partial charge in [-0.1, -0.05) is 23.7 Å². The lowest BCUT2D eigenvalue weighted by molar-refractivity contribution is 0.584. The number of hydrogen-bond donors (Lipinski definition) is 0. The fourth-order valence-corrected chi connectivity index (χ4v) is 3.58. The average molecular weight is 375 g/mol. The first-order valence-corrected chi connectivity index (χ1v) is 8.52. The molecule has 0 N–H and O–H groups in total. The lowest BCUT2D eigenvalue weighted by atomic mass is 10.0. The fraction of sp³-hybridized carbons (Fsp3) is 0.118. The number of halogens is 2. The summed E-state index contributed by atoms with van der Waals surface area (Å²) < 4.78 is 25.2. The SMILES string of the molecule is Cn1c(-c2ccc3nsnc3c2)c(-c2ccc(F)c(Cl)c2)c(=O)n1C. The van der Waals surface area contributed by atoms with Gasteiger partial charge in [0.15, 0.2) is 0 Å². The molecule has 0 bridgehead atoms. The van der Waals surface area contributed by atoms with Crippen molar-refractivity contribution in [2.45, 2.75) is 0 Å². The number of aromatic nitrogens is 4. The average Bonchev–Trinajstić information content (AvgIpc) is 3.15. The molecule has 0 unspecified atom stereocenters. The highest BCUT2D eigenvalue weighted by atomic mass is 35.5. The lowest BCUT2D eigenvalue weighted by Crippen LogP contribution is -2.17. The van der Waals surface area contributed by atoms with Gasteiger partial charge in [-0.05, 0) is 29.8 Å². The Morgan fingerprint density at radius 1 is 1.00 bits per heavy atom. The van der Waals surface area contributed by atoms with Crippen LogP contribution in [0.2, 0.25) is 5.02 Å². The van der Waals surface area contributed by atoms with Crippen LogP contribution in [0.4, 0.5) is 4.39 Å². The molecule has 4 aromatic rings. The molecule has 0 amide bonds. The van der Waals surface area contributed by atoms with Crippen LogP contribution in [0.25, 0.3) is 33.4 Å². The Balaban J connectivity index is 2.03. The fourth-order valence-electron chi connectivity index (χ4n) is 2.88. The van der Waals surface area contributed by atoms with E-state index >= 15 is 0 Å². The maximum atomic E-state index is 13.5. The van der Waals surface area contributed by atoms with E-state index in [1.807, 2.05) is 18.2 Å². The van der Waals surface area contributed by atoms with Gasteiger partial charge in [-0.25, -0.2) is 4.39 Å². The molecule has 0 aliphatic rings. The van der Waals surface area contributed by atoms with Crippen LogP contribution in [-0.2, 0) is 14.1 Å². The molecule has 0 aliphatic heterocycles. The van der Waals surface area contributed by atoms with Gasteiger partial charge in [0.1, 0.15) is 16.9 Å². The van der Waals surface area contributed by atoms with Crippen molar-refractivity contribution >= 4 is 34.4 Å². The van der Waals surface area contributed by atoms with E-state index in [-0.39, 0.29) is 10.6 Å². The van der Waals surface area contributed by atoms with E-state index in [1.54, 1.807) is 24.8 Å². The summed E-state index contributed by atoms with van der Waals surface area (Å²) in [5, 5.41) is -0.0199. The van der Waals surface area contributed by atoms with Gasteiger partial charge in [0, 0.05) is 19.7 Å². The molecule has 0 spiro atoms. The zero-order valence-corrected chi connectivity index (χ0v) is 14.9.